The molecule has 23 heavy (non-hydrogen) atoms. The zero-order chi connectivity index (χ0) is 16.7. The first-order valence-electron chi connectivity index (χ1n) is 7.63. The summed E-state index contributed by atoms with van der Waals surface area (Å²) in [4.78, 5) is 6.57. The van der Waals surface area contributed by atoms with Crippen LogP contribution in [-0.4, -0.2) is 48.2 Å². The summed E-state index contributed by atoms with van der Waals surface area (Å²) in [6.07, 6.45) is 3.71. The number of aromatic nitrogens is 1. The van der Waals surface area contributed by atoms with Gasteiger partial charge in [-0.05, 0) is 31.8 Å². The van der Waals surface area contributed by atoms with Crippen molar-refractivity contribution >= 4 is 17.5 Å². The highest BCUT2D eigenvalue weighted by molar-refractivity contribution is 7.98. The van der Waals surface area contributed by atoms with Gasteiger partial charge in [0.05, 0.1) is 17.1 Å². The Labute approximate surface area is 142 Å². The molecule has 1 aliphatic rings. The van der Waals surface area contributed by atoms with Crippen molar-refractivity contribution < 1.29 is 4.74 Å². The predicted molar refractivity (Wildman–Crippen MR) is 95.3 cm³/mol. The predicted octanol–water partition coefficient (Wildman–Crippen LogP) is 1.53. The van der Waals surface area contributed by atoms with Gasteiger partial charge in [0.25, 0.3) is 0 Å². The normalized spacial score (nSPS) is 18.0. The van der Waals surface area contributed by atoms with E-state index in [2.05, 4.69) is 41.4 Å². The molecule has 1 aliphatic heterocycles. The summed E-state index contributed by atoms with van der Waals surface area (Å²) in [6, 6.07) is 4.23. The molecule has 0 saturated carbocycles. The van der Waals surface area contributed by atoms with Crippen LogP contribution in [0.1, 0.15) is 17.7 Å². The fourth-order valence-electron chi connectivity index (χ4n) is 2.24. The molecule has 0 fully saturated rings. The van der Waals surface area contributed by atoms with Crippen molar-refractivity contribution in [3.63, 3.8) is 0 Å². The summed E-state index contributed by atoms with van der Waals surface area (Å²) in [7, 11) is 4.13. The van der Waals surface area contributed by atoms with Crippen LogP contribution in [0.4, 0.5) is 0 Å². The molecule has 1 unspecified atom stereocenters. The first kappa shape index (κ1) is 17.8. The van der Waals surface area contributed by atoms with Crippen molar-refractivity contribution in [2.24, 2.45) is 5.73 Å². The Hall–Kier alpha value is -1.57. The average Bonchev–Trinajstić information content (AvgIpc) is 2.50. The highest BCUT2D eigenvalue weighted by atomic mass is 32.2. The molecule has 4 N–H and O–H groups in total. The fraction of sp³-hybridized carbons (Fsp3) is 0.500. The molecule has 0 saturated heterocycles. The number of allylic oxidation sites excluding steroid dienone is 1. The summed E-state index contributed by atoms with van der Waals surface area (Å²) in [5.74, 6) is 1.86. The number of thioether (sulfide) groups is 1. The maximum absolute atomic E-state index is 7.69. The van der Waals surface area contributed by atoms with Crippen LogP contribution in [0.15, 0.2) is 30.3 Å². The molecule has 0 aliphatic carbocycles. The van der Waals surface area contributed by atoms with Crippen LogP contribution in [0, 0.1) is 5.41 Å². The average molecular weight is 335 g/mol. The largest absolute Gasteiger partial charge is 0.480 e. The summed E-state index contributed by atoms with van der Waals surface area (Å²) in [6.45, 7) is 1.76. The smallest absolute Gasteiger partial charge is 0.155 e. The Morgan fingerprint density at radius 1 is 1.52 bits per heavy atom. The van der Waals surface area contributed by atoms with E-state index < -0.39 is 0 Å². The summed E-state index contributed by atoms with van der Waals surface area (Å²) in [5, 5.41) is 11.0. The number of pyridine rings is 1. The van der Waals surface area contributed by atoms with Gasteiger partial charge >= 0.3 is 0 Å². The van der Waals surface area contributed by atoms with E-state index in [1.165, 1.54) is 11.8 Å². The minimum absolute atomic E-state index is 0.142. The zero-order valence-electron chi connectivity index (χ0n) is 13.7. The highest BCUT2D eigenvalue weighted by Crippen LogP contribution is 2.13. The van der Waals surface area contributed by atoms with E-state index in [4.69, 9.17) is 15.9 Å². The van der Waals surface area contributed by atoms with E-state index >= 15 is 0 Å². The quantitative estimate of drug-likeness (QED) is 0.625. The molecule has 6 nitrogen and oxygen atoms in total. The molecule has 1 aromatic heterocycles. The van der Waals surface area contributed by atoms with Crippen molar-refractivity contribution in [1.82, 2.24) is 15.2 Å². The van der Waals surface area contributed by atoms with E-state index in [0.717, 1.165) is 30.3 Å². The third-order valence-electron chi connectivity index (χ3n) is 3.35. The van der Waals surface area contributed by atoms with Crippen molar-refractivity contribution in [2.75, 3.05) is 26.4 Å². The van der Waals surface area contributed by atoms with Crippen LogP contribution in [0.5, 0.6) is 0 Å². The second-order valence-electron chi connectivity index (χ2n) is 5.78. The third kappa shape index (κ3) is 6.21. The second-order valence-corrected chi connectivity index (χ2v) is 6.89. The molecule has 0 aromatic carbocycles. The number of nitrogens with zero attached hydrogens (tertiary/aromatic N) is 2. The van der Waals surface area contributed by atoms with E-state index in [-0.39, 0.29) is 6.23 Å². The molecule has 0 bridgehead atoms. The number of hydrogen-bond acceptors (Lipinski definition) is 7. The lowest BCUT2D eigenvalue weighted by atomic mass is 10.1. The number of nitrogens with two attached hydrogens (primary N) is 1. The molecule has 2 heterocycles. The minimum Gasteiger partial charge on any atom is -0.480 e. The molecule has 0 spiro atoms. The molecule has 2 rings (SSSR count). The van der Waals surface area contributed by atoms with Crippen LogP contribution >= 0.6 is 11.8 Å². The van der Waals surface area contributed by atoms with E-state index in [1.54, 1.807) is 0 Å². The molecule has 1 aromatic rings. The lowest BCUT2D eigenvalue weighted by Gasteiger charge is -2.23. The van der Waals surface area contributed by atoms with Gasteiger partial charge in [-0.15, -0.1) is 0 Å². The summed E-state index contributed by atoms with van der Waals surface area (Å²) in [5.41, 5.74) is 8.85. The number of ether oxygens (including phenoxy) is 1. The second kappa shape index (κ2) is 8.90. The van der Waals surface area contributed by atoms with Crippen molar-refractivity contribution in [3.8, 4) is 0 Å². The monoisotopic (exact) mass is 335 g/mol. The SMILES string of the molecule is CN(C)Cc1ccnc(CSCCNC2CC(=N)C(N)=CO2)c1. The van der Waals surface area contributed by atoms with Gasteiger partial charge in [0.15, 0.2) is 6.23 Å². The Bertz CT molecular complexity index is 561. The zero-order valence-corrected chi connectivity index (χ0v) is 14.5. The van der Waals surface area contributed by atoms with Crippen LogP contribution in [0.3, 0.4) is 0 Å². The molecule has 126 valence electrons. The lowest BCUT2D eigenvalue weighted by molar-refractivity contribution is 0.113. The van der Waals surface area contributed by atoms with Crippen molar-refractivity contribution in [2.45, 2.75) is 24.9 Å². The molecule has 7 heteroatoms. The minimum atomic E-state index is -0.142. The molecule has 0 amide bonds. The van der Waals surface area contributed by atoms with Crippen molar-refractivity contribution in [1.29, 1.82) is 5.41 Å². The van der Waals surface area contributed by atoms with Gasteiger partial charge in [-0.1, -0.05) is 0 Å². The Morgan fingerprint density at radius 3 is 3.09 bits per heavy atom. The van der Waals surface area contributed by atoms with E-state index in [0.29, 0.717) is 17.8 Å². The lowest BCUT2D eigenvalue weighted by Crippen LogP contribution is -2.38. The molecule has 1 atom stereocenters. The standard InChI is InChI=1S/C16H25N5OS/c1-21(2)9-12-3-4-19-13(7-12)11-23-6-5-20-16-8-14(17)15(18)10-22-16/h3-4,7,10,16-17,20H,5-6,8-9,11,18H2,1-2H3. The molecular weight excluding hydrogens is 310 g/mol. The first-order chi connectivity index (χ1) is 11.0. The highest BCUT2D eigenvalue weighted by Gasteiger charge is 2.17. The number of nitrogens with one attached hydrogen (secondary N) is 2. The summed E-state index contributed by atoms with van der Waals surface area (Å²) < 4.78 is 5.41. The van der Waals surface area contributed by atoms with E-state index in [1.807, 2.05) is 18.0 Å². The van der Waals surface area contributed by atoms with Gasteiger partial charge in [0.1, 0.15) is 6.26 Å². The third-order valence-corrected chi connectivity index (χ3v) is 4.34. The number of hydrogen-bond donors (Lipinski definition) is 3. The van der Waals surface area contributed by atoms with Gasteiger partial charge < -0.3 is 20.8 Å². The maximum atomic E-state index is 7.69. The molecular formula is C16H25N5OS. The first-order valence-corrected chi connectivity index (χ1v) is 8.78. The summed E-state index contributed by atoms with van der Waals surface area (Å²) >= 11 is 1.84. The molecule has 0 radical (unpaired) electrons. The number of rotatable bonds is 8. The Morgan fingerprint density at radius 2 is 2.35 bits per heavy atom. The van der Waals surface area contributed by atoms with Gasteiger partial charge in [0, 0.05) is 37.2 Å². The van der Waals surface area contributed by atoms with Gasteiger partial charge in [-0.3, -0.25) is 10.3 Å². The van der Waals surface area contributed by atoms with Crippen LogP contribution in [0.2, 0.25) is 0 Å². The van der Waals surface area contributed by atoms with Crippen LogP contribution in [-0.2, 0) is 17.0 Å². The maximum Gasteiger partial charge on any atom is 0.155 e. The van der Waals surface area contributed by atoms with E-state index in [9.17, 15) is 0 Å². The van der Waals surface area contributed by atoms with Gasteiger partial charge in [-0.2, -0.15) is 11.8 Å². The Balaban J connectivity index is 1.65. The fourth-order valence-corrected chi connectivity index (χ4v) is 3.01. The topological polar surface area (TPSA) is 87.3 Å². The van der Waals surface area contributed by atoms with Gasteiger partial charge in [0.2, 0.25) is 0 Å². The Kier molecular flexibility index (Phi) is 6.88. The van der Waals surface area contributed by atoms with Crippen LogP contribution in [0.25, 0.3) is 0 Å². The van der Waals surface area contributed by atoms with Crippen LogP contribution < -0.4 is 11.1 Å². The van der Waals surface area contributed by atoms with Gasteiger partial charge in [-0.25, -0.2) is 0 Å². The van der Waals surface area contributed by atoms with Crippen molar-refractivity contribution in [3.05, 3.63) is 41.5 Å².